The van der Waals surface area contributed by atoms with Gasteiger partial charge in [0.2, 0.25) is 11.8 Å². The number of nitrogens with zero attached hydrogens (tertiary/aromatic N) is 2. The minimum absolute atomic E-state index is 0.0126. The van der Waals surface area contributed by atoms with E-state index >= 15 is 0 Å². The molecule has 0 spiro atoms. The van der Waals surface area contributed by atoms with Gasteiger partial charge in [-0.1, -0.05) is 18.0 Å². The number of carbonyl (C=O) groups is 2. The van der Waals surface area contributed by atoms with Crippen molar-refractivity contribution < 1.29 is 18.8 Å². The molecule has 0 unspecified atom stereocenters. The van der Waals surface area contributed by atoms with E-state index in [-0.39, 0.29) is 36.7 Å². The Kier molecular flexibility index (Phi) is 6.29. The summed E-state index contributed by atoms with van der Waals surface area (Å²) in [6.07, 6.45) is 5.68. The zero-order valence-corrected chi connectivity index (χ0v) is 15.7. The number of methoxy groups -OCH3 is 1. The molecule has 2 atom stereocenters. The summed E-state index contributed by atoms with van der Waals surface area (Å²) >= 11 is 0. The number of hydrogen-bond acceptors (Lipinski definition) is 5. The highest BCUT2D eigenvalue weighted by Crippen LogP contribution is 2.25. The second kappa shape index (κ2) is 8.66. The molecule has 26 heavy (non-hydrogen) atoms. The summed E-state index contributed by atoms with van der Waals surface area (Å²) in [5, 5.41) is 6.95. The number of nitrogens with one attached hydrogen (secondary N) is 1. The van der Waals surface area contributed by atoms with Crippen LogP contribution in [0, 0.1) is 12.8 Å². The van der Waals surface area contributed by atoms with Crippen LogP contribution in [-0.2, 0) is 20.7 Å². The Labute approximate surface area is 154 Å². The predicted octanol–water partition coefficient (Wildman–Crippen LogP) is 1.84. The van der Waals surface area contributed by atoms with E-state index in [9.17, 15) is 9.59 Å². The number of ether oxygens (including phenoxy) is 1. The van der Waals surface area contributed by atoms with E-state index in [4.69, 9.17) is 9.26 Å². The molecule has 1 saturated heterocycles. The zero-order chi connectivity index (χ0) is 18.5. The van der Waals surface area contributed by atoms with Crippen LogP contribution >= 0.6 is 0 Å². The quantitative estimate of drug-likeness (QED) is 0.799. The van der Waals surface area contributed by atoms with Gasteiger partial charge in [0.25, 0.3) is 0 Å². The van der Waals surface area contributed by atoms with E-state index < -0.39 is 0 Å². The number of carbonyl (C=O) groups excluding carboxylic acids is 2. The number of aromatic nitrogens is 1. The lowest BCUT2D eigenvalue weighted by Gasteiger charge is -2.16. The Bertz CT molecular complexity index is 624. The van der Waals surface area contributed by atoms with E-state index in [2.05, 4.69) is 10.5 Å². The second-order valence-corrected chi connectivity index (χ2v) is 7.52. The summed E-state index contributed by atoms with van der Waals surface area (Å²) < 4.78 is 10.9. The standard InChI is InChI=1S/C19H29N3O4/c1-13-9-16(26-21-13)10-14-11-22(12-17(14)25-2)19(24)8-7-18(23)20-15-5-3-4-6-15/h9,14-15,17H,3-8,10-12H2,1-2H3,(H,20,23)/t14-,17+/m1/s1. The maximum atomic E-state index is 12.5. The summed E-state index contributed by atoms with van der Waals surface area (Å²) in [5.74, 6) is 1.01. The second-order valence-electron chi connectivity index (χ2n) is 7.52. The molecule has 1 N–H and O–H groups in total. The number of amides is 2. The normalized spacial score (nSPS) is 23.5. The summed E-state index contributed by atoms with van der Waals surface area (Å²) in [4.78, 5) is 26.3. The van der Waals surface area contributed by atoms with Crippen LogP contribution in [0.4, 0.5) is 0 Å². The molecule has 1 aliphatic heterocycles. The third-order valence-electron chi connectivity index (χ3n) is 5.46. The molecule has 2 heterocycles. The molecule has 0 bridgehead atoms. The summed E-state index contributed by atoms with van der Waals surface area (Å²) in [5.41, 5.74) is 0.855. The van der Waals surface area contributed by atoms with E-state index in [1.54, 1.807) is 7.11 Å². The SMILES string of the molecule is CO[C@H]1CN(C(=O)CCC(=O)NC2CCCC2)C[C@H]1Cc1cc(C)no1. The molecule has 1 saturated carbocycles. The van der Waals surface area contributed by atoms with Crippen LogP contribution in [0.1, 0.15) is 50.0 Å². The average Bonchev–Trinajstić information content (AvgIpc) is 3.35. The van der Waals surface area contributed by atoms with Crippen molar-refractivity contribution in [2.24, 2.45) is 5.92 Å². The van der Waals surface area contributed by atoms with Gasteiger partial charge in [0.15, 0.2) is 0 Å². The van der Waals surface area contributed by atoms with Crippen molar-refractivity contribution in [3.05, 3.63) is 17.5 Å². The molecule has 2 amide bonds. The van der Waals surface area contributed by atoms with Gasteiger partial charge in [0.1, 0.15) is 5.76 Å². The lowest BCUT2D eigenvalue weighted by Crippen LogP contribution is -2.35. The third kappa shape index (κ3) is 4.84. The fourth-order valence-electron chi connectivity index (χ4n) is 4.03. The van der Waals surface area contributed by atoms with Crippen molar-refractivity contribution in [1.29, 1.82) is 0 Å². The smallest absolute Gasteiger partial charge is 0.223 e. The maximum absolute atomic E-state index is 12.5. The van der Waals surface area contributed by atoms with Gasteiger partial charge in [-0.15, -0.1) is 0 Å². The molecule has 2 aliphatic rings. The van der Waals surface area contributed by atoms with Crippen LogP contribution in [-0.4, -0.2) is 54.2 Å². The summed E-state index contributed by atoms with van der Waals surface area (Å²) in [7, 11) is 1.67. The van der Waals surface area contributed by atoms with Crippen LogP contribution in [0.3, 0.4) is 0 Å². The lowest BCUT2D eigenvalue weighted by atomic mass is 10.0. The van der Waals surface area contributed by atoms with Crippen molar-refractivity contribution >= 4 is 11.8 Å². The molecule has 144 valence electrons. The van der Waals surface area contributed by atoms with Crippen molar-refractivity contribution in [3.63, 3.8) is 0 Å². The van der Waals surface area contributed by atoms with Gasteiger partial charge in [-0.3, -0.25) is 9.59 Å². The Balaban J connectivity index is 1.45. The molecule has 0 radical (unpaired) electrons. The fourth-order valence-corrected chi connectivity index (χ4v) is 4.03. The van der Waals surface area contributed by atoms with Gasteiger partial charge >= 0.3 is 0 Å². The van der Waals surface area contributed by atoms with E-state index in [1.165, 1.54) is 12.8 Å². The molecule has 1 aliphatic carbocycles. The highest BCUT2D eigenvalue weighted by atomic mass is 16.5. The zero-order valence-electron chi connectivity index (χ0n) is 15.7. The highest BCUT2D eigenvalue weighted by Gasteiger charge is 2.36. The highest BCUT2D eigenvalue weighted by molar-refractivity contribution is 5.84. The Morgan fingerprint density at radius 2 is 2.08 bits per heavy atom. The van der Waals surface area contributed by atoms with Gasteiger partial charge in [-0.05, 0) is 19.8 Å². The van der Waals surface area contributed by atoms with Crippen molar-refractivity contribution in [3.8, 4) is 0 Å². The fraction of sp³-hybridized carbons (Fsp3) is 0.737. The van der Waals surface area contributed by atoms with Crippen LogP contribution in [0.15, 0.2) is 10.6 Å². The largest absolute Gasteiger partial charge is 0.379 e. The molecule has 1 aromatic rings. The first-order valence-corrected chi connectivity index (χ1v) is 9.57. The molecular formula is C19H29N3O4. The van der Waals surface area contributed by atoms with Crippen molar-refractivity contribution in [1.82, 2.24) is 15.4 Å². The minimum atomic E-state index is -0.0170. The van der Waals surface area contributed by atoms with E-state index in [0.29, 0.717) is 25.6 Å². The Hall–Kier alpha value is -1.89. The van der Waals surface area contributed by atoms with Gasteiger partial charge in [-0.25, -0.2) is 0 Å². The number of aryl methyl sites for hydroxylation is 1. The van der Waals surface area contributed by atoms with Gasteiger partial charge in [0, 0.05) is 57.5 Å². The van der Waals surface area contributed by atoms with E-state index in [0.717, 1.165) is 24.3 Å². The lowest BCUT2D eigenvalue weighted by molar-refractivity contribution is -0.133. The average molecular weight is 363 g/mol. The molecular weight excluding hydrogens is 334 g/mol. The maximum Gasteiger partial charge on any atom is 0.223 e. The molecule has 2 fully saturated rings. The van der Waals surface area contributed by atoms with Crippen LogP contribution < -0.4 is 5.32 Å². The number of rotatable bonds is 7. The van der Waals surface area contributed by atoms with Crippen LogP contribution in [0.5, 0.6) is 0 Å². The number of likely N-dealkylation sites (tertiary alicyclic amines) is 1. The molecule has 1 aromatic heterocycles. The molecule has 7 nitrogen and oxygen atoms in total. The first-order chi connectivity index (χ1) is 12.5. The first-order valence-electron chi connectivity index (χ1n) is 9.57. The van der Waals surface area contributed by atoms with E-state index in [1.807, 2.05) is 17.9 Å². The van der Waals surface area contributed by atoms with Crippen molar-refractivity contribution in [2.45, 2.75) is 64.0 Å². The Morgan fingerprint density at radius 1 is 1.31 bits per heavy atom. The third-order valence-corrected chi connectivity index (χ3v) is 5.46. The van der Waals surface area contributed by atoms with Gasteiger partial charge < -0.3 is 19.5 Å². The minimum Gasteiger partial charge on any atom is -0.379 e. The van der Waals surface area contributed by atoms with Gasteiger partial charge in [0.05, 0.1) is 11.8 Å². The predicted molar refractivity (Wildman–Crippen MR) is 95.4 cm³/mol. The first kappa shape index (κ1) is 18.9. The van der Waals surface area contributed by atoms with Crippen LogP contribution in [0.25, 0.3) is 0 Å². The summed E-state index contributed by atoms with van der Waals surface area (Å²) in [6.45, 7) is 3.08. The molecule has 7 heteroatoms. The monoisotopic (exact) mass is 363 g/mol. The van der Waals surface area contributed by atoms with Crippen molar-refractivity contribution in [2.75, 3.05) is 20.2 Å². The number of hydrogen-bond donors (Lipinski definition) is 1. The summed E-state index contributed by atoms with van der Waals surface area (Å²) in [6, 6.07) is 2.22. The molecule has 0 aromatic carbocycles. The van der Waals surface area contributed by atoms with Gasteiger partial charge in [-0.2, -0.15) is 0 Å². The topological polar surface area (TPSA) is 84.7 Å². The van der Waals surface area contributed by atoms with Crippen LogP contribution in [0.2, 0.25) is 0 Å². The Morgan fingerprint density at radius 3 is 2.73 bits per heavy atom. The molecule has 3 rings (SSSR count).